The average molecular weight is 360 g/mol. The molecule has 3 rings (SSSR count). The molecule has 0 atom stereocenters. The van der Waals surface area contributed by atoms with Gasteiger partial charge in [0.25, 0.3) is 0 Å². The third-order valence-electron chi connectivity index (χ3n) is 3.26. The highest BCUT2D eigenvalue weighted by Gasteiger charge is 2.12. The van der Waals surface area contributed by atoms with Gasteiger partial charge in [-0.25, -0.2) is 4.39 Å². The number of benzene rings is 3. The number of carbonyl (C=O) groups excluding carboxylic acids is 1. The lowest BCUT2D eigenvalue weighted by Crippen LogP contribution is -2.01. The van der Waals surface area contributed by atoms with Gasteiger partial charge in [0.15, 0.2) is 5.78 Å². The summed E-state index contributed by atoms with van der Waals surface area (Å²) in [6.45, 7) is 0. The summed E-state index contributed by atoms with van der Waals surface area (Å²) in [7, 11) is 0. The van der Waals surface area contributed by atoms with Gasteiger partial charge in [-0.3, -0.25) is 4.79 Å². The zero-order valence-corrected chi connectivity index (χ0v) is 13.7. The summed E-state index contributed by atoms with van der Waals surface area (Å²) in [5, 5.41) is 0.773. The second-order valence-corrected chi connectivity index (χ2v) is 5.81. The Labute approximate surface area is 148 Å². The van der Waals surface area contributed by atoms with Crippen LogP contribution in [0, 0.1) is 11.9 Å². The Balaban J connectivity index is 1.84. The maximum absolute atomic E-state index is 12.9. The van der Waals surface area contributed by atoms with E-state index in [0.717, 1.165) is 0 Å². The number of ketones is 1. The van der Waals surface area contributed by atoms with Crippen molar-refractivity contribution in [1.82, 2.24) is 0 Å². The van der Waals surface area contributed by atoms with Gasteiger partial charge >= 0.3 is 0 Å². The van der Waals surface area contributed by atoms with Gasteiger partial charge < -0.3 is 4.74 Å². The molecule has 119 valence electrons. The van der Waals surface area contributed by atoms with Crippen LogP contribution in [0.25, 0.3) is 0 Å². The summed E-state index contributed by atoms with van der Waals surface area (Å²) >= 11 is 12.1. The predicted molar refractivity (Wildman–Crippen MR) is 91.6 cm³/mol. The monoisotopic (exact) mass is 359 g/mol. The van der Waals surface area contributed by atoms with E-state index in [9.17, 15) is 9.18 Å². The summed E-state index contributed by atoms with van der Waals surface area (Å²) < 4.78 is 18.6. The first kappa shape index (κ1) is 16.5. The minimum absolute atomic E-state index is 0.250. The fraction of sp³-hybridized carbons (Fsp3) is 0. The van der Waals surface area contributed by atoms with Gasteiger partial charge in [0, 0.05) is 16.1 Å². The van der Waals surface area contributed by atoms with Crippen LogP contribution in [0.5, 0.6) is 11.5 Å². The quantitative estimate of drug-likeness (QED) is 0.537. The molecule has 0 aliphatic rings. The van der Waals surface area contributed by atoms with Crippen LogP contribution < -0.4 is 4.74 Å². The van der Waals surface area contributed by atoms with Gasteiger partial charge in [-0.1, -0.05) is 23.2 Å². The molecule has 0 bridgehead atoms. The van der Waals surface area contributed by atoms with Crippen LogP contribution in [0.15, 0.2) is 60.7 Å². The Morgan fingerprint density at radius 3 is 2.33 bits per heavy atom. The lowest BCUT2D eigenvalue weighted by molar-refractivity contribution is 0.103. The molecule has 5 heteroatoms. The minimum atomic E-state index is -0.397. The molecule has 1 radical (unpaired) electrons. The fourth-order valence-electron chi connectivity index (χ4n) is 2.10. The minimum Gasteiger partial charge on any atom is -0.456 e. The summed E-state index contributed by atoms with van der Waals surface area (Å²) in [4.78, 5) is 12.4. The molecule has 0 fully saturated rings. The highest BCUT2D eigenvalue weighted by Crippen LogP contribution is 2.31. The highest BCUT2D eigenvalue weighted by molar-refractivity contribution is 6.32. The molecule has 0 saturated heterocycles. The van der Waals surface area contributed by atoms with Gasteiger partial charge in [0.2, 0.25) is 0 Å². The molecule has 0 amide bonds. The molecule has 24 heavy (non-hydrogen) atoms. The average Bonchev–Trinajstić information content (AvgIpc) is 2.57. The number of hydrogen-bond donors (Lipinski definition) is 0. The Morgan fingerprint density at radius 2 is 1.67 bits per heavy atom. The predicted octanol–water partition coefficient (Wildman–Crippen LogP) is 5.96. The molecule has 0 aliphatic carbocycles. The van der Waals surface area contributed by atoms with E-state index in [-0.39, 0.29) is 10.8 Å². The standard InChI is InChI=1S/C19H10Cl2FO2/c20-14-2-1-3-16(11-14)24-18-9-6-13(10-17(18)21)19(23)12-4-7-15(22)8-5-12/h2-11H. The smallest absolute Gasteiger partial charge is 0.193 e. The molecule has 0 unspecified atom stereocenters. The van der Waals surface area contributed by atoms with Crippen LogP contribution in [0.3, 0.4) is 0 Å². The molecule has 0 spiro atoms. The van der Waals surface area contributed by atoms with Gasteiger partial charge in [0.05, 0.1) is 5.02 Å². The maximum atomic E-state index is 12.9. The summed E-state index contributed by atoms with van der Waals surface area (Å²) in [5.74, 6) is 0.233. The van der Waals surface area contributed by atoms with E-state index in [2.05, 4.69) is 6.07 Å². The molecule has 3 aromatic carbocycles. The van der Waals surface area contributed by atoms with Crippen molar-refractivity contribution in [3.63, 3.8) is 0 Å². The molecule has 0 N–H and O–H groups in total. The van der Waals surface area contributed by atoms with E-state index in [1.54, 1.807) is 30.3 Å². The Morgan fingerprint density at radius 1 is 0.958 bits per heavy atom. The van der Waals surface area contributed by atoms with E-state index >= 15 is 0 Å². The van der Waals surface area contributed by atoms with E-state index in [1.807, 2.05) is 0 Å². The topological polar surface area (TPSA) is 26.3 Å². The molecule has 0 saturated carbocycles. The molecule has 0 aromatic heterocycles. The van der Waals surface area contributed by atoms with Crippen molar-refractivity contribution in [1.29, 1.82) is 0 Å². The lowest BCUT2D eigenvalue weighted by Gasteiger charge is -2.09. The summed E-state index contributed by atoms with van der Waals surface area (Å²) in [6.07, 6.45) is 0. The highest BCUT2D eigenvalue weighted by atomic mass is 35.5. The number of halogens is 3. The molecular formula is C19H10Cl2FO2. The van der Waals surface area contributed by atoms with Gasteiger partial charge in [-0.2, -0.15) is 0 Å². The van der Waals surface area contributed by atoms with Crippen LogP contribution in [0.1, 0.15) is 15.9 Å². The maximum Gasteiger partial charge on any atom is 0.193 e. The zero-order valence-electron chi connectivity index (χ0n) is 12.2. The van der Waals surface area contributed by atoms with Crippen LogP contribution in [0.2, 0.25) is 10.0 Å². The van der Waals surface area contributed by atoms with Crippen molar-refractivity contribution in [3.05, 3.63) is 93.7 Å². The number of hydrogen-bond acceptors (Lipinski definition) is 2. The Hall–Kier alpha value is -2.36. The van der Waals surface area contributed by atoms with Gasteiger partial charge in [-0.05, 0) is 66.7 Å². The SMILES string of the molecule is O=C(c1ccc(F)cc1)c1ccc(Oc2c[c]cc(Cl)c2)c(Cl)c1. The van der Waals surface area contributed by atoms with E-state index in [1.165, 1.54) is 30.3 Å². The Kier molecular flexibility index (Phi) is 4.84. The Bertz CT molecular complexity index is 892. The third-order valence-corrected chi connectivity index (χ3v) is 3.77. The van der Waals surface area contributed by atoms with Crippen molar-refractivity contribution >= 4 is 29.0 Å². The van der Waals surface area contributed by atoms with Crippen molar-refractivity contribution in [2.45, 2.75) is 0 Å². The first-order chi connectivity index (χ1) is 11.5. The van der Waals surface area contributed by atoms with Crippen molar-refractivity contribution in [2.75, 3.05) is 0 Å². The zero-order chi connectivity index (χ0) is 17.1. The first-order valence-electron chi connectivity index (χ1n) is 6.97. The van der Waals surface area contributed by atoms with E-state index < -0.39 is 5.82 Å². The molecule has 0 heterocycles. The van der Waals surface area contributed by atoms with Crippen LogP contribution in [-0.2, 0) is 0 Å². The van der Waals surface area contributed by atoms with E-state index in [0.29, 0.717) is 27.6 Å². The van der Waals surface area contributed by atoms with Crippen LogP contribution >= 0.6 is 23.2 Å². The fourth-order valence-corrected chi connectivity index (χ4v) is 2.49. The first-order valence-corrected chi connectivity index (χ1v) is 7.73. The van der Waals surface area contributed by atoms with E-state index in [4.69, 9.17) is 27.9 Å². The normalized spacial score (nSPS) is 10.5. The third kappa shape index (κ3) is 3.75. The molecule has 2 nitrogen and oxygen atoms in total. The van der Waals surface area contributed by atoms with Crippen LogP contribution in [0.4, 0.5) is 4.39 Å². The summed E-state index contributed by atoms with van der Waals surface area (Å²) in [6, 6.07) is 17.7. The largest absolute Gasteiger partial charge is 0.456 e. The summed E-state index contributed by atoms with van der Waals surface area (Å²) in [5.41, 5.74) is 0.766. The van der Waals surface area contributed by atoms with Crippen LogP contribution in [-0.4, -0.2) is 5.78 Å². The second kappa shape index (κ2) is 7.04. The molecule has 3 aromatic rings. The van der Waals surface area contributed by atoms with Gasteiger partial charge in [-0.15, -0.1) is 0 Å². The van der Waals surface area contributed by atoms with Crippen molar-refractivity contribution in [2.24, 2.45) is 0 Å². The molecule has 0 aliphatic heterocycles. The number of ether oxygens (including phenoxy) is 1. The number of carbonyl (C=O) groups is 1. The van der Waals surface area contributed by atoms with Gasteiger partial charge in [0.1, 0.15) is 17.3 Å². The number of rotatable bonds is 4. The van der Waals surface area contributed by atoms with Crippen molar-refractivity contribution in [3.8, 4) is 11.5 Å². The second-order valence-electron chi connectivity index (χ2n) is 4.97. The lowest BCUT2D eigenvalue weighted by atomic mass is 10.0. The molecular weight excluding hydrogens is 350 g/mol. The van der Waals surface area contributed by atoms with Crippen molar-refractivity contribution < 1.29 is 13.9 Å².